The van der Waals surface area contributed by atoms with Crippen molar-refractivity contribution in [2.24, 2.45) is 5.41 Å². The Balaban J connectivity index is 1.87. The highest BCUT2D eigenvalue weighted by atomic mass is 32.2. The topological polar surface area (TPSA) is 105 Å². The summed E-state index contributed by atoms with van der Waals surface area (Å²) in [5.41, 5.74) is 0.450. The van der Waals surface area contributed by atoms with Gasteiger partial charge in [-0.2, -0.15) is 0 Å². The van der Waals surface area contributed by atoms with Crippen molar-refractivity contribution in [1.82, 2.24) is 14.9 Å². The van der Waals surface area contributed by atoms with Crippen LogP contribution in [0.1, 0.15) is 45.7 Å². The highest BCUT2D eigenvalue weighted by Gasteiger charge is 2.25. The minimum absolute atomic E-state index is 0.000330. The van der Waals surface area contributed by atoms with Crippen molar-refractivity contribution in [3.8, 4) is 5.75 Å². The Labute approximate surface area is 182 Å². The quantitative estimate of drug-likeness (QED) is 0.417. The van der Waals surface area contributed by atoms with Gasteiger partial charge in [-0.15, -0.1) is 0 Å². The third kappa shape index (κ3) is 8.29. The van der Waals surface area contributed by atoms with Crippen molar-refractivity contribution < 1.29 is 27.1 Å². The van der Waals surface area contributed by atoms with Gasteiger partial charge in [-0.1, -0.05) is 39.0 Å². The van der Waals surface area contributed by atoms with Gasteiger partial charge < -0.3 is 9.64 Å². The molecule has 1 heterocycles. The smallest absolute Gasteiger partial charge is 0.324 e. The number of rotatable bonds is 10. The van der Waals surface area contributed by atoms with Gasteiger partial charge in [-0.3, -0.25) is 10.1 Å². The molecule has 0 aromatic heterocycles. The molecule has 8 nitrogen and oxygen atoms in total. The monoisotopic (exact) mass is 455 g/mol. The average Bonchev–Trinajstić information content (AvgIpc) is 2.96. The minimum atomic E-state index is -3.59. The molecule has 31 heavy (non-hydrogen) atoms. The Bertz CT molecular complexity index is 941. The summed E-state index contributed by atoms with van der Waals surface area (Å²) in [6, 6.07) is 3.28. The van der Waals surface area contributed by atoms with E-state index in [1.807, 2.05) is 20.8 Å². The molecule has 0 spiro atoms. The van der Waals surface area contributed by atoms with Crippen molar-refractivity contribution in [3.63, 3.8) is 0 Å². The third-order valence-electron chi connectivity index (χ3n) is 4.39. The van der Waals surface area contributed by atoms with Gasteiger partial charge in [0, 0.05) is 12.6 Å². The van der Waals surface area contributed by atoms with Crippen LogP contribution in [0, 0.1) is 11.2 Å². The van der Waals surface area contributed by atoms with Crippen molar-refractivity contribution in [3.05, 3.63) is 41.7 Å². The van der Waals surface area contributed by atoms with E-state index in [1.54, 1.807) is 19.1 Å². The van der Waals surface area contributed by atoms with Crippen molar-refractivity contribution in [2.75, 3.05) is 25.4 Å². The second kappa shape index (κ2) is 10.2. The van der Waals surface area contributed by atoms with Crippen LogP contribution >= 0.6 is 0 Å². The molecule has 0 radical (unpaired) electrons. The summed E-state index contributed by atoms with van der Waals surface area (Å²) in [5, 5.41) is 2.17. The highest BCUT2D eigenvalue weighted by Crippen LogP contribution is 2.25. The van der Waals surface area contributed by atoms with E-state index in [-0.39, 0.29) is 42.3 Å². The summed E-state index contributed by atoms with van der Waals surface area (Å²) < 4.78 is 46.9. The second-order valence-corrected chi connectivity index (χ2v) is 10.6. The number of ether oxygens (including phenoxy) is 1. The third-order valence-corrected chi connectivity index (χ3v) is 5.87. The first-order chi connectivity index (χ1) is 14.4. The fourth-order valence-corrected chi connectivity index (χ4v) is 4.00. The van der Waals surface area contributed by atoms with E-state index in [1.165, 1.54) is 23.1 Å². The van der Waals surface area contributed by atoms with Crippen LogP contribution in [0.2, 0.25) is 0 Å². The van der Waals surface area contributed by atoms with Crippen LogP contribution in [-0.2, 0) is 14.8 Å². The number of nitrogens with zero attached hydrogens (tertiary/aromatic N) is 1. The van der Waals surface area contributed by atoms with Gasteiger partial charge in [0.2, 0.25) is 15.9 Å². The summed E-state index contributed by atoms with van der Waals surface area (Å²) in [6.07, 6.45) is 3.54. The molecule has 2 rings (SSSR count). The lowest BCUT2D eigenvalue weighted by Gasteiger charge is -2.20. The molecular weight excluding hydrogens is 425 g/mol. The number of hydrogen-bond donors (Lipinski definition) is 2. The molecule has 1 fully saturated rings. The first-order valence-electron chi connectivity index (χ1n) is 10.0. The molecule has 1 saturated heterocycles. The van der Waals surface area contributed by atoms with E-state index in [0.717, 1.165) is 0 Å². The maximum absolute atomic E-state index is 14.0. The molecule has 1 aliphatic rings. The zero-order valence-corrected chi connectivity index (χ0v) is 19.1. The maximum Gasteiger partial charge on any atom is 0.324 e. The molecule has 172 valence electrons. The van der Waals surface area contributed by atoms with E-state index in [0.29, 0.717) is 12.2 Å². The number of carbonyl (C=O) groups is 2. The normalized spacial score (nSPS) is 16.1. The summed E-state index contributed by atoms with van der Waals surface area (Å²) in [6.45, 7) is 8.15. The molecule has 1 aromatic rings. The Kier molecular flexibility index (Phi) is 8.19. The number of carbonyl (C=O) groups excluding carboxylic acids is 2. The van der Waals surface area contributed by atoms with Crippen LogP contribution < -0.4 is 14.8 Å². The Morgan fingerprint density at radius 3 is 2.61 bits per heavy atom. The van der Waals surface area contributed by atoms with Crippen LogP contribution in [-0.4, -0.2) is 50.7 Å². The summed E-state index contributed by atoms with van der Waals surface area (Å²) >= 11 is 0. The van der Waals surface area contributed by atoms with Crippen LogP contribution in [0.15, 0.2) is 30.4 Å². The van der Waals surface area contributed by atoms with Gasteiger partial charge in [0.15, 0.2) is 11.6 Å². The average molecular weight is 456 g/mol. The number of hydrogen-bond acceptors (Lipinski definition) is 5. The largest absolute Gasteiger partial charge is 0.490 e. The lowest BCUT2D eigenvalue weighted by Crippen LogP contribution is -2.29. The molecule has 0 unspecified atom stereocenters. The molecule has 1 atom stereocenters. The van der Waals surface area contributed by atoms with Crippen molar-refractivity contribution >= 4 is 22.0 Å². The van der Waals surface area contributed by atoms with Gasteiger partial charge in [-0.25, -0.2) is 22.3 Å². The minimum Gasteiger partial charge on any atom is -0.490 e. The molecule has 3 amide bonds. The lowest BCUT2D eigenvalue weighted by molar-refractivity contribution is -0.118. The fourth-order valence-electron chi connectivity index (χ4n) is 2.76. The number of urea groups is 1. The highest BCUT2D eigenvalue weighted by molar-refractivity contribution is 7.89. The fraction of sp³-hybridized carbons (Fsp3) is 0.524. The van der Waals surface area contributed by atoms with Crippen LogP contribution in [0.4, 0.5) is 9.18 Å². The van der Waals surface area contributed by atoms with Crippen LogP contribution in [0.25, 0.3) is 0 Å². The van der Waals surface area contributed by atoms with E-state index < -0.39 is 27.9 Å². The summed E-state index contributed by atoms with van der Waals surface area (Å²) in [7, 11) is -3.59. The maximum atomic E-state index is 14.0. The Morgan fingerprint density at radius 2 is 2.00 bits per heavy atom. The first kappa shape index (κ1) is 24.8. The lowest BCUT2D eigenvalue weighted by atomic mass is 9.98. The zero-order valence-electron chi connectivity index (χ0n) is 18.3. The van der Waals surface area contributed by atoms with Crippen molar-refractivity contribution in [1.29, 1.82) is 0 Å². The number of allylic oxidation sites excluding steroid dienone is 1. The number of imide groups is 1. The van der Waals surface area contributed by atoms with Crippen molar-refractivity contribution in [2.45, 2.75) is 40.2 Å². The molecule has 0 aliphatic carbocycles. The van der Waals surface area contributed by atoms with E-state index in [4.69, 9.17) is 4.74 Å². The van der Waals surface area contributed by atoms with E-state index >= 15 is 0 Å². The summed E-state index contributed by atoms with van der Waals surface area (Å²) in [4.78, 5) is 23.9. The SMILES string of the molecule is C[C@@H](NS(=O)(=O)CC/C=C/CN1CC(=O)NC1=O)c1ccc(F)c(OCC(C)(C)C)c1. The predicted molar refractivity (Wildman–Crippen MR) is 116 cm³/mol. The van der Waals surface area contributed by atoms with Gasteiger partial charge in [-0.05, 0) is 36.5 Å². The number of sulfonamides is 1. The number of halogens is 1. The van der Waals surface area contributed by atoms with Crippen LogP contribution in [0.3, 0.4) is 0 Å². The van der Waals surface area contributed by atoms with Gasteiger partial charge in [0.1, 0.15) is 6.54 Å². The number of amides is 3. The van der Waals surface area contributed by atoms with E-state index in [2.05, 4.69) is 10.0 Å². The van der Waals surface area contributed by atoms with Gasteiger partial charge in [0.25, 0.3) is 0 Å². The Morgan fingerprint density at radius 1 is 1.29 bits per heavy atom. The molecule has 10 heteroatoms. The Hall–Kier alpha value is -2.46. The second-order valence-electron chi connectivity index (χ2n) is 8.69. The number of benzene rings is 1. The predicted octanol–water partition coefficient (Wildman–Crippen LogP) is 2.73. The number of nitrogens with one attached hydrogen (secondary N) is 2. The van der Waals surface area contributed by atoms with Crippen LogP contribution in [0.5, 0.6) is 5.75 Å². The van der Waals surface area contributed by atoms with E-state index in [9.17, 15) is 22.4 Å². The zero-order chi connectivity index (χ0) is 23.2. The molecule has 1 aliphatic heterocycles. The molecular formula is C21H30FN3O5S. The van der Waals surface area contributed by atoms with Gasteiger partial charge >= 0.3 is 6.03 Å². The molecule has 0 saturated carbocycles. The first-order valence-corrected chi connectivity index (χ1v) is 11.7. The standard InChI is InChI=1S/C21H30FN3O5S/c1-15(16-8-9-17(22)18(12-16)30-14-21(2,3)4)24-31(28,29)11-7-5-6-10-25-13-19(26)23-20(25)27/h5-6,8-9,12,15,24H,7,10-11,13-14H2,1-4H3,(H,23,26,27)/b6-5+/t15-/m1/s1. The summed E-state index contributed by atoms with van der Waals surface area (Å²) in [5.74, 6) is -0.910. The molecule has 2 N–H and O–H groups in total. The molecule has 1 aromatic carbocycles. The molecule has 0 bridgehead atoms. The van der Waals surface area contributed by atoms with Gasteiger partial charge in [0.05, 0.1) is 12.4 Å².